The number of anilines is 1. The number of hydrogen-bond acceptors (Lipinski definition) is 5. The van der Waals surface area contributed by atoms with Gasteiger partial charge in [0.25, 0.3) is 0 Å². The van der Waals surface area contributed by atoms with Crippen molar-refractivity contribution in [3.8, 4) is 0 Å². The Morgan fingerprint density at radius 3 is 2.64 bits per heavy atom. The minimum Gasteiger partial charge on any atom is -0.367 e. The zero-order valence-corrected chi connectivity index (χ0v) is 17.0. The fourth-order valence-electron chi connectivity index (χ4n) is 3.45. The smallest absolute Gasteiger partial charge is 0.249 e. The van der Waals surface area contributed by atoms with Crippen LogP contribution < -0.4 is 5.32 Å². The predicted octanol–water partition coefficient (Wildman–Crippen LogP) is 3.77. The number of rotatable bonds is 8. The molecule has 1 N–H and O–H groups in total. The van der Waals surface area contributed by atoms with Gasteiger partial charge in [0, 0.05) is 11.4 Å². The molecule has 1 aliphatic carbocycles. The van der Waals surface area contributed by atoms with Crippen molar-refractivity contribution in [3.05, 3.63) is 47.0 Å². The minimum atomic E-state index is -0.212. The SMILES string of the molecule is Cc1csc(NC(=O)CN(C(=O)COCc2ccccc2)C2CCCCC2)n1. The number of ether oxygens (including phenoxy) is 1. The lowest BCUT2D eigenvalue weighted by molar-refractivity contribution is -0.142. The fraction of sp³-hybridized carbons (Fsp3) is 0.476. The second-order valence-corrected chi connectivity index (χ2v) is 7.99. The molecule has 0 spiro atoms. The Kier molecular flexibility index (Phi) is 7.56. The normalized spacial score (nSPS) is 14.6. The van der Waals surface area contributed by atoms with Crippen molar-refractivity contribution in [1.29, 1.82) is 0 Å². The van der Waals surface area contributed by atoms with Crippen LogP contribution in [-0.4, -0.2) is 40.9 Å². The minimum absolute atomic E-state index is 0.0188. The second kappa shape index (κ2) is 10.3. The van der Waals surface area contributed by atoms with Gasteiger partial charge in [0.2, 0.25) is 11.8 Å². The van der Waals surface area contributed by atoms with Crippen molar-refractivity contribution in [3.63, 3.8) is 0 Å². The molecule has 1 saturated carbocycles. The van der Waals surface area contributed by atoms with Crippen LogP contribution in [0.15, 0.2) is 35.7 Å². The zero-order valence-electron chi connectivity index (χ0n) is 16.2. The topological polar surface area (TPSA) is 71.5 Å². The Labute approximate surface area is 169 Å². The summed E-state index contributed by atoms with van der Waals surface area (Å²) >= 11 is 1.39. The molecule has 0 bridgehead atoms. The molecule has 1 aromatic heterocycles. The van der Waals surface area contributed by atoms with Crippen molar-refractivity contribution in [1.82, 2.24) is 9.88 Å². The van der Waals surface area contributed by atoms with Gasteiger partial charge in [0.1, 0.15) is 13.2 Å². The lowest BCUT2D eigenvalue weighted by Gasteiger charge is -2.33. The summed E-state index contributed by atoms with van der Waals surface area (Å²) in [4.78, 5) is 31.3. The number of nitrogens with one attached hydrogen (secondary N) is 1. The van der Waals surface area contributed by atoms with E-state index in [1.165, 1.54) is 17.8 Å². The molecule has 1 heterocycles. The van der Waals surface area contributed by atoms with E-state index in [0.717, 1.165) is 36.9 Å². The average molecular weight is 402 g/mol. The summed E-state index contributed by atoms with van der Waals surface area (Å²) in [6.45, 7) is 2.29. The highest BCUT2D eigenvalue weighted by Crippen LogP contribution is 2.23. The molecule has 2 aromatic rings. The number of carbonyl (C=O) groups is 2. The molecule has 0 atom stereocenters. The molecule has 1 aromatic carbocycles. The average Bonchev–Trinajstić information content (AvgIpc) is 3.12. The summed E-state index contributed by atoms with van der Waals surface area (Å²) in [5.41, 5.74) is 1.89. The molecule has 150 valence electrons. The molecule has 1 fully saturated rings. The number of aromatic nitrogens is 1. The molecule has 2 amide bonds. The third kappa shape index (κ3) is 6.14. The van der Waals surface area contributed by atoms with Crippen LogP contribution in [0.5, 0.6) is 0 Å². The number of thiazole rings is 1. The van der Waals surface area contributed by atoms with Crippen LogP contribution in [0, 0.1) is 6.92 Å². The number of benzene rings is 1. The van der Waals surface area contributed by atoms with Crippen LogP contribution in [0.3, 0.4) is 0 Å². The lowest BCUT2D eigenvalue weighted by Crippen LogP contribution is -2.47. The summed E-state index contributed by atoms with van der Waals surface area (Å²) in [5.74, 6) is -0.343. The van der Waals surface area contributed by atoms with Gasteiger partial charge in [-0.15, -0.1) is 11.3 Å². The Hall–Kier alpha value is -2.25. The number of nitrogens with zero attached hydrogens (tertiary/aromatic N) is 2. The first-order valence-electron chi connectivity index (χ1n) is 9.75. The van der Waals surface area contributed by atoms with Gasteiger partial charge >= 0.3 is 0 Å². The van der Waals surface area contributed by atoms with Crippen molar-refractivity contribution in [2.75, 3.05) is 18.5 Å². The second-order valence-electron chi connectivity index (χ2n) is 7.13. The molecule has 7 heteroatoms. The van der Waals surface area contributed by atoms with E-state index in [-0.39, 0.29) is 31.0 Å². The van der Waals surface area contributed by atoms with Gasteiger partial charge in [-0.25, -0.2) is 4.98 Å². The Bertz CT molecular complexity index is 772. The number of amides is 2. The third-order valence-corrected chi connectivity index (χ3v) is 5.73. The summed E-state index contributed by atoms with van der Waals surface area (Å²) in [5, 5.41) is 5.26. The van der Waals surface area contributed by atoms with Crippen LogP contribution in [0.2, 0.25) is 0 Å². The van der Waals surface area contributed by atoms with Crippen LogP contribution in [0.4, 0.5) is 5.13 Å². The van der Waals surface area contributed by atoms with Crippen molar-refractivity contribution < 1.29 is 14.3 Å². The molecule has 1 aliphatic rings. The first-order valence-corrected chi connectivity index (χ1v) is 10.6. The quantitative estimate of drug-likeness (QED) is 0.731. The molecule has 0 saturated heterocycles. The first-order chi connectivity index (χ1) is 13.6. The molecule has 28 heavy (non-hydrogen) atoms. The summed E-state index contributed by atoms with van der Waals surface area (Å²) in [6.07, 6.45) is 5.25. The molecular weight excluding hydrogens is 374 g/mol. The van der Waals surface area contributed by atoms with Gasteiger partial charge in [0.05, 0.1) is 12.3 Å². The van der Waals surface area contributed by atoms with Crippen LogP contribution in [0.25, 0.3) is 0 Å². The highest BCUT2D eigenvalue weighted by molar-refractivity contribution is 7.13. The van der Waals surface area contributed by atoms with E-state index < -0.39 is 0 Å². The fourth-order valence-corrected chi connectivity index (χ4v) is 4.16. The molecule has 0 unspecified atom stereocenters. The third-order valence-electron chi connectivity index (χ3n) is 4.85. The van der Waals surface area contributed by atoms with Gasteiger partial charge in [-0.1, -0.05) is 49.6 Å². The van der Waals surface area contributed by atoms with Crippen molar-refractivity contribution in [2.24, 2.45) is 0 Å². The van der Waals surface area contributed by atoms with E-state index in [1.807, 2.05) is 42.6 Å². The van der Waals surface area contributed by atoms with Gasteiger partial charge in [-0.05, 0) is 25.3 Å². The van der Waals surface area contributed by atoms with Crippen LogP contribution >= 0.6 is 11.3 Å². The van der Waals surface area contributed by atoms with Crippen molar-refractivity contribution >= 4 is 28.3 Å². The van der Waals surface area contributed by atoms with E-state index in [4.69, 9.17) is 4.74 Å². The van der Waals surface area contributed by atoms with E-state index >= 15 is 0 Å². The van der Waals surface area contributed by atoms with Gasteiger partial charge < -0.3 is 15.0 Å². The Morgan fingerprint density at radius 1 is 1.21 bits per heavy atom. The standard InChI is InChI=1S/C21H27N3O3S/c1-16-15-28-21(22-16)23-19(25)12-24(18-10-6-3-7-11-18)20(26)14-27-13-17-8-4-2-5-9-17/h2,4-5,8-9,15,18H,3,6-7,10-14H2,1H3,(H,22,23,25). The summed E-state index contributed by atoms with van der Waals surface area (Å²) in [6, 6.07) is 9.87. The molecular formula is C21H27N3O3S. The van der Waals surface area contributed by atoms with Gasteiger partial charge in [0.15, 0.2) is 5.13 Å². The van der Waals surface area contributed by atoms with Crippen LogP contribution in [-0.2, 0) is 20.9 Å². The number of aryl methyl sites for hydroxylation is 1. The highest BCUT2D eigenvalue weighted by Gasteiger charge is 2.27. The van der Waals surface area contributed by atoms with Gasteiger partial charge in [-0.2, -0.15) is 0 Å². The van der Waals surface area contributed by atoms with Crippen LogP contribution in [0.1, 0.15) is 43.4 Å². The Balaban J connectivity index is 1.57. The first kappa shape index (κ1) is 20.5. The maximum Gasteiger partial charge on any atom is 0.249 e. The lowest BCUT2D eigenvalue weighted by atomic mass is 9.94. The maximum atomic E-state index is 12.8. The van der Waals surface area contributed by atoms with Gasteiger partial charge in [-0.3, -0.25) is 9.59 Å². The van der Waals surface area contributed by atoms with E-state index in [2.05, 4.69) is 10.3 Å². The predicted molar refractivity (Wildman–Crippen MR) is 110 cm³/mol. The maximum absolute atomic E-state index is 12.8. The number of carbonyl (C=O) groups excluding carboxylic acids is 2. The molecule has 0 radical (unpaired) electrons. The highest BCUT2D eigenvalue weighted by atomic mass is 32.1. The number of hydrogen-bond donors (Lipinski definition) is 1. The Morgan fingerprint density at radius 2 is 1.96 bits per heavy atom. The summed E-state index contributed by atoms with van der Waals surface area (Å²) in [7, 11) is 0. The molecule has 6 nitrogen and oxygen atoms in total. The van der Waals surface area contributed by atoms with E-state index in [1.54, 1.807) is 4.90 Å². The summed E-state index contributed by atoms with van der Waals surface area (Å²) < 4.78 is 5.62. The molecule has 3 rings (SSSR count). The zero-order chi connectivity index (χ0) is 19.8. The molecule has 0 aliphatic heterocycles. The largest absolute Gasteiger partial charge is 0.367 e. The van der Waals surface area contributed by atoms with E-state index in [0.29, 0.717) is 11.7 Å². The van der Waals surface area contributed by atoms with Crippen molar-refractivity contribution in [2.45, 2.75) is 51.7 Å². The monoisotopic (exact) mass is 401 g/mol. The van der Waals surface area contributed by atoms with E-state index in [9.17, 15) is 9.59 Å².